The van der Waals surface area contributed by atoms with Crippen molar-refractivity contribution in [1.29, 1.82) is 0 Å². The third-order valence-electron chi connectivity index (χ3n) is 4.28. The first kappa shape index (κ1) is 14.8. The maximum atomic E-state index is 12.9. The number of aryl methyl sites for hydroxylation is 2. The lowest BCUT2D eigenvalue weighted by Crippen LogP contribution is -2.39. The van der Waals surface area contributed by atoms with Gasteiger partial charge in [0.2, 0.25) is 0 Å². The molecule has 0 bridgehead atoms. The number of nitrogens with one attached hydrogen (secondary N) is 1. The fourth-order valence-electron chi connectivity index (χ4n) is 3.14. The van der Waals surface area contributed by atoms with Gasteiger partial charge >= 0.3 is 0 Å². The smallest absolute Gasteiger partial charge is 0.274 e. The third kappa shape index (κ3) is 2.77. The fourth-order valence-corrected chi connectivity index (χ4v) is 3.14. The number of H-pyrrole nitrogens is 1. The van der Waals surface area contributed by atoms with Gasteiger partial charge in [0.1, 0.15) is 5.69 Å². The molecule has 1 aliphatic heterocycles. The Hall–Kier alpha value is -2.11. The first-order valence-corrected chi connectivity index (χ1v) is 8.05. The van der Waals surface area contributed by atoms with E-state index in [4.69, 9.17) is 0 Å². The Morgan fingerprint density at radius 2 is 2.32 bits per heavy atom. The molecule has 1 atom stereocenters. The van der Waals surface area contributed by atoms with E-state index in [0.29, 0.717) is 5.69 Å². The standard InChI is InChI=1S/C16H23N5O/c1-3-8-20-10-7-13(19-20)16(22)21-9-5-4-6-14(21)15-12(2)11-17-18-15/h7,10-11,14H,3-6,8-9H2,1-2H3,(H,17,18). The first-order chi connectivity index (χ1) is 10.7. The van der Waals surface area contributed by atoms with E-state index in [9.17, 15) is 4.79 Å². The molecule has 0 saturated carbocycles. The summed E-state index contributed by atoms with van der Waals surface area (Å²) in [7, 11) is 0. The van der Waals surface area contributed by atoms with Gasteiger partial charge in [-0.05, 0) is 44.2 Å². The van der Waals surface area contributed by atoms with Crippen molar-refractivity contribution in [2.24, 2.45) is 0 Å². The Kier molecular flexibility index (Phi) is 4.27. The Balaban J connectivity index is 1.83. The minimum Gasteiger partial charge on any atom is -0.329 e. The Labute approximate surface area is 130 Å². The lowest BCUT2D eigenvalue weighted by atomic mass is 9.97. The molecule has 22 heavy (non-hydrogen) atoms. The van der Waals surface area contributed by atoms with Gasteiger partial charge in [0.15, 0.2) is 0 Å². The molecule has 1 amide bonds. The van der Waals surface area contributed by atoms with Crippen molar-refractivity contribution in [2.45, 2.75) is 52.1 Å². The van der Waals surface area contributed by atoms with Crippen LogP contribution in [0.4, 0.5) is 0 Å². The molecule has 1 unspecified atom stereocenters. The van der Waals surface area contributed by atoms with Crippen molar-refractivity contribution < 1.29 is 4.79 Å². The molecule has 1 saturated heterocycles. The topological polar surface area (TPSA) is 66.8 Å². The third-order valence-corrected chi connectivity index (χ3v) is 4.28. The van der Waals surface area contributed by atoms with Gasteiger partial charge in [0.25, 0.3) is 5.91 Å². The van der Waals surface area contributed by atoms with Crippen LogP contribution in [0.1, 0.15) is 60.4 Å². The maximum absolute atomic E-state index is 12.9. The van der Waals surface area contributed by atoms with Crippen LogP contribution in [0, 0.1) is 6.92 Å². The average Bonchev–Trinajstić information content (AvgIpc) is 3.16. The van der Waals surface area contributed by atoms with E-state index in [-0.39, 0.29) is 11.9 Å². The van der Waals surface area contributed by atoms with Gasteiger partial charge < -0.3 is 4.90 Å². The van der Waals surface area contributed by atoms with E-state index in [1.165, 1.54) is 0 Å². The van der Waals surface area contributed by atoms with Crippen LogP contribution in [0.3, 0.4) is 0 Å². The van der Waals surface area contributed by atoms with Crippen LogP contribution in [-0.4, -0.2) is 37.3 Å². The zero-order valence-corrected chi connectivity index (χ0v) is 13.2. The molecule has 2 aromatic rings. The number of carbonyl (C=O) groups excluding carboxylic acids is 1. The molecule has 3 heterocycles. The number of piperidine rings is 1. The largest absolute Gasteiger partial charge is 0.329 e. The highest BCUT2D eigenvalue weighted by atomic mass is 16.2. The molecule has 2 aromatic heterocycles. The Morgan fingerprint density at radius 3 is 3.05 bits per heavy atom. The van der Waals surface area contributed by atoms with Gasteiger partial charge in [-0.25, -0.2) is 0 Å². The van der Waals surface area contributed by atoms with Crippen LogP contribution >= 0.6 is 0 Å². The van der Waals surface area contributed by atoms with Crippen LogP contribution in [-0.2, 0) is 6.54 Å². The van der Waals surface area contributed by atoms with Crippen LogP contribution in [0.2, 0.25) is 0 Å². The van der Waals surface area contributed by atoms with Crippen molar-refractivity contribution in [1.82, 2.24) is 24.9 Å². The van der Waals surface area contributed by atoms with Crippen molar-refractivity contribution in [3.8, 4) is 0 Å². The molecule has 6 heteroatoms. The average molecular weight is 301 g/mol. The number of aromatic nitrogens is 4. The van der Waals surface area contributed by atoms with Crippen molar-refractivity contribution >= 4 is 5.91 Å². The summed E-state index contributed by atoms with van der Waals surface area (Å²) in [6.45, 7) is 5.76. The number of nitrogens with zero attached hydrogens (tertiary/aromatic N) is 4. The molecule has 1 fully saturated rings. The van der Waals surface area contributed by atoms with Gasteiger partial charge in [-0.15, -0.1) is 0 Å². The van der Waals surface area contributed by atoms with E-state index >= 15 is 0 Å². The minimum atomic E-state index is 0.0218. The lowest BCUT2D eigenvalue weighted by molar-refractivity contribution is 0.0598. The molecule has 0 aromatic carbocycles. The van der Waals surface area contributed by atoms with Gasteiger partial charge in [0, 0.05) is 19.3 Å². The summed E-state index contributed by atoms with van der Waals surface area (Å²) in [4.78, 5) is 14.8. The number of amides is 1. The highest BCUT2D eigenvalue weighted by Gasteiger charge is 2.31. The van der Waals surface area contributed by atoms with E-state index in [1.54, 1.807) is 0 Å². The SMILES string of the molecule is CCCn1ccc(C(=O)N2CCCCC2c2[nH]ncc2C)n1. The minimum absolute atomic E-state index is 0.0218. The summed E-state index contributed by atoms with van der Waals surface area (Å²) in [5, 5.41) is 11.6. The summed E-state index contributed by atoms with van der Waals surface area (Å²) >= 11 is 0. The highest BCUT2D eigenvalue weighted by Crippen LogP contribution is 2.32. The lowest BCUT2D eigenvalue weighted by Gasteiger charge is -2.35. The number of aromatic amines is 1. The monoisotopic (exact) mass is 301 g/mol. The molecule has 0 spiro atoms. The predicted octanol–water partition coefficient (Wildman–Crippen LogP) is 2.69. The predicted molar refractivity (Wildman–Crippen MR) is 83.5 cm³/mol. The summed E-state index contributed by atoms with van der Waals surface area (Å²) in [6, 6.07) is 1.91. The van der Waals surface area contributed by atoms with E-state index < -0.39 is 0 Å². The van der Waals surface area contributed by atoms with Crippen LogP contribution in [0.5, 0.6) is 0 Å². The Bertz CT molecular complexity index is 645. The molecule has 1 aliphatic rings. The van der Waals surface area contributed by atoms with Crippen molar-refractivity contribution in [2.75, 3.05) is 6.54 Å². The van der Waals surface area contributed by atoms with Gasteiger partial charge in [0.05, 0.1) is 17.9 Å². The summed E-state index contributed by atoms with van der Waals surface area (Å²) in [5.41, 5.74) is 2.71. The molecule has 3 rings (SSSR count). The molecule has 118 valence electrons. The van der Waals surface area contributed by atoms with E-state index in [0.717, 1.165) is 50.0 Å². The summed E-state index contributed by atoms with van der Waals surface area (Å²) < 4.78 is 1.84. The highest BCUT2D eigenvalue weighted by molar-refractivity contribution is 5.92. The quantitative estimate of drug-likeness (QED) is 0.944. The maximum Gasteiger partial charge on any atom is 0.274 e. The molecular formula is C16H23N5O. The molecular weight excluding hydrogens is 278 g/mol. The fraction of sp³-hybridized carbons (Fsp3) is 0.562. The zero-order valence-electron chi connectivity index (χ0n) is 13.2. The summed E-state index contributed by atoms with van der Waals surface area (Å²) in [6.07, 6.45) is 7.88. The van der Waals surface area contributed by atoms with E-state index in [1.807, 2.05) is 35.0 Å². The normalized spacial score (nSPS) is 18.6. The molecule has 0 radical (unpaired) electrons. The number of hydrogen-bond acceptors (Lipinski definition) is 3. The molecule has 1 N–H and O–H groups in total. The molecule has 6 nitrogen and oxygen atoms in total. The van der Waals surface area contributed by atoms with Gasteiger partial charge in [-0.2, -0.15) is 10.2 Å². The van der Waals surface area contributed by atoms with Gasteiger partial charge in [-0.3, -0.25) is 14.6 Å². The van der Waals surface area contributed by atoms with E-state index in [2.05, 4.69) is 22.2 Å². The number of rotatable bonds is 4. The molecule has 0 aliphatic carbocycles. The number of carbonyl (C=O) groups is 1. The van der Waals surface area contributed by atoms with Crippen molar-refractivity contribution in [3.05, 3.63) is 35.4 Å². The van der Waals surface area contributed by atoms with Crippen LogP contribution in [0.25, 0.3) is 0 Å². The van der Waals surface area contributed by atoms with Gasteiger partial charge in [-0.1, -0.05) is 6.92 Å². The Morgan fingerprint density at radius 1 is 1.45 bits per heavy atom. The van der Waals surface area contributed by atoms with Crippen LogP contribution in [0.15, 0.2) is 18.5 Å². The second kappa shape index (κ2) is 6.34. The van der Waals surface area contributed by atoms with Crippen molar-refractivity contribution in [3.63, 3.8) is 0 Å². The first-order valence-electron chi connectivity index (χ1n) is 8.05. The second-order valence-corrected chi connectivity index (χ2v) is 5.94. The second-order valence-electron chi connectivity index (χ2n) is 5.94. The summed E-state index contributed by atoms with van der Waals surface area (Å²) in [5.74, 6) is 0.0218. The number of hydrogen-bond donors (Lipinski definition) is 1. The zero-order chi connectivity index (χ0) is 15.5. The van der Waals surface area contributed by atoms with Crippen LogP contribution < -0.4 is 0 Å². The number of likely N-dealkylation sites (tertiary alicyclic amines) is 1.